The average molecular weight is 476 g/mol. The molecule has 2 aromatic rings. The van der Waals surface area contributed by atoms with Crippen LogP contribution in [-0.2, 0) is 11.5 Å². The van der Waals surface area contributed by atoms with Crippen molar-refractivity contribution in [2.24, 2.45) is 5.84 Å². The number of halogens is 5. The summed E-state index contributed by atoms with van der Waals surface area (Å²) in [7, 11) is 0. The Morgan fingerprint density at radius 1 is 1.24 bits per heavy atom. The standard InChI is InChI=1S/C24H21F5N4O/c1-3-19(25)9-5-16(2)4-6-17-7-11-22(32-13-17)24(28,29)23(34,14-33(31)15-30)18-8-10-20(26)21(27)12-18/h3,5,7-13,15,30,34H,1,14,31H2,2H3/b16-5+,19-9+,30-15?. The van der Waals surface area contributed by atoms with Gasteiger partial charge in [-0.15, -0.1) is 0 Å². The van der Waals surface area contributed by atoms with Crippen molar-refractivity contribution in [3.63, 3.8) is 0 Å². The number of hydrazine groups is 1. The highest BCUT2D eigenvalue weighted by atomic mass is 19.3. The highest BCUT2D eigenvalue weighted by Crippen LogP contribution is 2.45. The molecule has 2 rings (SSSR count). The van der Waals surface area contributed by atoms with Crippen LogP contribution >= 0.6 is 0 Å². The molecule has 0 aliphatic rings. The zero-order valence-electron chi connectivity index (χ0n) is 18.0. The van der Waals surface area contributed by atoms with Gasteiger partial charge in [-0.1, -0.05) is 24.5 Å². The van der Waals surface area contributed by atoms with Crippen LogP contribution in [0.15, 0.2) is 72.7 Å². The normalized spacial score (nSPS) is 14.0. The molecule has 0 saturated carbocycles. The minimum absolute atomic E-state index is 0.247. The van der Waals surface area contributed by atoms with Gasteiger partial charge in [0.05, 0.1) is 12.9 Å². The lowest BCUT2D eigenvalue weighted by Gasteiger charge is -2.37. The van der Waals surface area contributed by atoms with Gasteiger partial charge in [-0.3, -0.25) is 15.4 Å². The lowest BCUT2D eigenvalue weighted by Crippen LogP contribution is -2.53. The molecule has 5 nitrogen and oxygen atoms in total. The minimum Gasteiger partial charge on any atom is -0.377 e. The second-order valence-corrected chi connectivity index (χ2v) is 7.15. The Balaban J connectivity index is 2.44. The molecule has 4 N–H and O–H groups in total. The van der Waals surface area contributed by atoms with Crippen LogP contribution < -0.4 is 5.84 Å². The largest absolute Gasteiger partial charge is 0.377 e. The predicted octanol–water partition coefficient (Wildman–Crippen LogP) is 4.46. The SMILES string of the molecule is C=C/C(F)=C\C=C(/C)C#Cc1ccc(C(F)(F)C(O)(CN(N)C=N)c2ccc(F)c(F)c2)nc1. The summed E-state index contributed by atoms with van der Waals surface area (Å²) < 4.78 is 71.1. The van der Waals surface area contributed by atoms with Crippen LogP contribution in [0.25, 0.3) is 0 Å². The van der Waals surface area contributed by atoms with Gasteiger partial charge in [-0.05, 0) is 60.6 Å². The number of rotatable bonds is 8. The maximum absolute atomic E-state index is 15.5. The maximum atomic E-state index is 15.5. The van der Waals surface area contributed by atoms with E-state index in [4.69, 9.17) is 11.3 Å². The molecule has 1 aromatic heterocycles. The van der Waals surface area contributed by atoms with Gasteiger partial charge in [0.25, 0.3) is 0 Å². The lowest BCUT2D eigenvalue weighted by molar-refractivity contribution is -0.202. The molecule has 0 bridgehead atoms. The van der Waals surface area contributed by atoms with E-state index in [1.165, 1.54) is 12.1 Å². The molecular formula is C24H21F5N4O. The summed E-state index contributed by atoms with van der Waals surface area (Å²) in [5.74, 6) is 3.37. The second kappa shape index (κ2) is 10.9. The first-order chi connectivity index (χ1) is 15.9. The van der Waals surface area contributed by atoms with E-state index in [1.54, 1.807) is 6.92 Å². The highest BCUT2D eigenvalue weighted by molar-refractivity contribution is 5.50. The lowest BCUT2D eigenvalue weighted by atomic mass is 9.84. The molecule has 0 amide bonds. The van der Waals surface area contributed by atoms with E-state index in [0.717, 1.165) is 30.5 Å². The van der Waals surface area contributed by atoms with Crippen molar-refractivity contribution < 1.29 is 27.1 Å². The van der Waals surface area contributed by atoms with E-state index >= 15 is 8.78 Å². The minimum atomic E-state index is -4.15. The first kappa shape index (κ1) is 26.4. The molecule has 0 radical (unpaired) electrons. The summed E-state index contributed by atoms with van der Waals surface area (Å²) in [6, 6.07) is 3.95. The Labute approximate surface area is 193 Å². The molecule has 0 fully saturated rings. The van der Waals surface area contributed by atoms with Crippen LogP contribution in [0, 0.1) is 28.9 Å². The number of aromatic nitrogens is 1. The van der Waals surface area contributed by atoms with Crippen molar-refractivity contribution in [3.05, 3.63) is 101 Å². The van der Waals surface area contributed by atoms with Crippen LogP contribution in [0.2, 0.25) is 0 Å². The predicted molar refractivity (Wildman–Crippen MR) is 118 cm³/mol. The number of benzene rings is 1. The molecule has 1 unspecified atom stereocenters. The van der Waals surface area contributed by atoms with Gasteiger partial charge < -0.3 is 5.11 Å². The molecule has 0 aliphatic heterocycles. The van der Waals surface area contributed by atoms with Crippen molar-refractivity contribution in [2.75, 3.05) is 6.54 Å². The Morgan fingerprint density at radius 2 is 1.94 bits per heavy atom. The van der Waals surface area contributed by atoms with Gasteiger partial charge in [-0.25, -0.2) is 19.0 Å². The number of aliphatic hydroxyl groups is 1. The first-order valence-electron chi connectivity index (χ1n) is 9.67. The number of hydrogen-bond donors (Lipinski definition) is 3. The Bertz CT molecular complexity index is 1180. The number of nitrogens with zero attached hydrogens (tertiary/aromatic N) is 2. The Kier molecular flexibility index (Phi) is 8.46. The number of nitrogens with two attached hydrogens (primary N) is 1. The van der Waals surface area contributed by atoms with E-state index in [-0.39, 0.29) is 5.56 Å². The van der Waals surface area contributed by atoms with Crippen LogP contribution in [0.3, 0.4) is 0 Å². The molecule has 1 aromatic carbocycles. The van der Waals surface area contributed by atoms with E-state index in [1.807, 2.05) is 0 Å². The molecule has 178 valence electrons. The summed E-state index contributed by atoms with van der Waals surface area (Å²) in [5.41, 5.74) is -4.01. The van der Waals surface area contributed by atoms with Gasteiger partial charge in [-0.2, -0.15) is 8.78 Å². The molecule has 34 heavy (non-hydrogen) atoms. The highest BCUT2D eigenvalue weighted by Gasteiger charge is 2.57. The van der Waals surface area contributed by atoms with Crippen LogP contribution in [0.1, 0.15) is 23.7 Å². The molecule has 10 heteroatoms. The summed E-state index contributed by atoms with van der Waals surface area (Å²) in [6.07, 6.45) is 5.11. The summed E-state index contributed by atoms with van der Waals surface area (Å²) in [4.78, 5) is 3.68. The number of nitrogens with one attached hydrogen (secondary N) is 1. The monoisotopic (exact) mass is 476 g/mol. The smallest absolute Gasteiger partial charge is 0.323 e. The molecule has 1 atom stereocenters. The first-order valence-corrected chi connectivity index (χ1v) is 9.67. The van der Waals surface area contributed by atoms with Crippen LogP contribution in [-0.4, -0.2) is 28.0 Å². The zero-order chi connectivity index (χ0) is 25.5. The number of hydrogen-bond acceptors (Lipinski definition) is 4. The summed E-state index contributed by atoms with van der Waals surface area (Å²) in [6.45, 7) is 3.85. The van der Waals surface area contributed by atoms with Crippen LogP contribution in [0.5, 0.6) is 0 Å². The molecule has 0 aliphatic carbocycles. The van der Waals surface area contributed by atoms with Gasteiger partial charge in [0.1, 0.15) is 11.5 Å². The third-order valence-electron chi connectivity index (χ3n) is 4.67. The van der Waals surface area contributed by atoms with Gasteiger partial charge in [0.2, 0.25) is 0 Å². The van der Waals surface area contributed by atoms with Crippen molar-refractivity contribution in [3.8, 4) is 11.8 Å². The van der Waals surface area contributed by atoms with E-state index in [0.29, 0.717) is 29.1 Å². The fourth-order valence-electron chi connectivity index (χ4n) is 2.79. The van der Waals surface area contributed by atoms with E-state index in [9.17, 15) is 18.3 Å². The van der Waals surface area contributed by atoms with Crippen LogP contribution in [0.4, 0.5) is 22.0 Å². The van der Waals surface area contributed by atoms with Crippen molar-refractivity contribution in [2.45, 2.75) is 18.4 Å². The second-order valence-electron chi connectivity index (χ2n) is 7.15. The molecular weight excluding hydrogens is 455 g/mol. The van der Waals surface area contributed by atoms with Gasteiger partial charge >= 0.3 is 5.92 Å². The fourth-order valence-corrected chi connectivity index (χ4v) is 2.79. The fraction of sp³-hybridized carbons (Fsp3) is 0.167. The van der Waals surface area contributed by atoms with Crippen molar-refractivity contribution in [1.29, 1.82) is 5.41 Å². The molecule has 0 saturated heterocycles. The average Bonchev–Trinajstić information content (AvgIpc) is 2.82. The third-order valence-corrected chi connectivity index (χ3v) is 4.67. The third kappa shape index (κ3) is 5.95. The van der Waals surface area contributed by atoms with Gasteiger partial charge in [0.15, 0.2) is 17.2 Å². The molecule has 0 spiro atoms. The number of alkyl halides is 2. The zero-order valence-corrected chi connectivity index (χ0v) is 18.0. The van der Waals surface area contributed by atoms with E-state index < -0.39 is 46.8 Å². The number of allylic oxidation sites excluding steroid dienone is 5. The van der Waals surface area contributed by atoms with Crippen molar-refractivity contribution >= 4 is 6.34 Å². The Hall–Kier alpha value is -3.81. The van der Waals surface area contributed by atoms with Crippen molar-refractivity contribution in [1.82, 2.24) is 9.99 Å². The summed E-state index contributed by atoms with van der Waals surface area (Å²) >= 11 is 0. The van der Waals surface area contributed by atoms with Gasteiger partial charge in [0, 0.05) is 11.8 Å². The van der Waals surface area contributed by atoms with E-state index in [2.05, 4.69) is 23.4 Å². The topological polar surface area (TPSA) is 86.2 Å². The number of pyridine rings is 1. The molecule has 1 heterocycles. The maximum Gasteiger partial charge on any atom is 0.323 e. The summed E-state index contributed by atoms with van der Waals surface area (Å²) in [5, 5.41) is 18.6. The Morgan fingerprint density at radius 3 is 2.50 bits per heavy atom. The quantitative estimate of drug-likeness (QED) is 0.0999.